The number of aromatic nitrogens is 2. The second-order valence-electron chi connectivity index (χ2n) is 8.83. The smallest absolute Gasteiger partial charge is 0.143 e. The summed E-state index contributed by atoms with van der Waals surface area (Å²) < 4.78 is 10.6. The quantitative estimate of drug-likeness (QED) is 0.447. The van der Waals surface area contributed by atoms with Crippen LogP contribution in [0, 0.1) is 0 Å². The number of hydrogen-bond donors (Lipinski definition) is 0. The van der Waals surface area contributed by atoms with Crippen LogP contribution in [0.1, 0.15) is 22.5 Å². The van der Waals surface area contributed by atoms with E-state index in [0.29, 0.717) is 34.2 Å². The van der Waals surface area contributed by atoms with E-state index in [2.05, 4.69) is 51.1 Å². The van der Waals surface area contributed by atoms with Crippen LogP contribution in [0.4, 0.5) is 5.69 Å². The van der Waals surface area contributed by atoms with Gasteiger partial charge in [-0.15, -0.1) is 0 Å². The van der Waals surface area contributed by atoms with Gasteiger partial charge in [0.2, 0.25) is 0 Å². The lowest BCUT2D eigenvalue weighted by Crippen LogP contribution is -2.44. The number of halogens is 1. The number of carbonyl (C=O) groups excluding carboxylic acids is 1. The molecule has 0 amide bonds. The zero-order valence-corrected chi connectivity index (χ0v) is 21.2. The van der Waals surface area contributed by atoms with Gasteiger partial charge in [-0.1, -0.05) is 23.7 Å². The van der Waals surface area contributed by atoms with E-state index in [1.165, 1.54) is 24.7 Å². The van der Waals surface area contributed by atoms with E-state index >= 15 is 0 Å². The molecule has 0 unspecified atom stereocenters. The summed E-state index contributed by atoms with van der Waals surface area (Å²) in [5.74, 6) is 1.08. The fourth-order valence-electron chi connectivity index (χ4n) is 4.27. The molecule has 35 heavy (non-hydrogen) atoms. The maximum atomic E-state index is 12.8. The summed E-state index contributed by atoms with van der Waals surface area (Å²) in [7, 11) is 5.26. The van der Waals surface area contributed by atoms with Crippen LogP contribution in [0.3, 0.4) is 0 Å². The van der Waals surface area contributed by atoms with Crippen LogP contribution in [0.15, 0.2) is 48.8 Å². The minimum Gasteiger partial charge on any atom is -0.497 e. The van der Waals surface area contributed by atoms with Crippen molar-refractivity contribution in [3.63, 3.8) is 0 Å². The molecule has 0 atom stereocenters. The van der Waals surface area contributed by atoms with Crippen molar-refractivity contribution < 1.29 is 14.3 Å². The number of carbonyl (C=O) groups is 1. The van der Waals surface area contributed by atoms with Gasteiger partial charge in [0.1, 0.15) is 23.6 Å². The van der Waals surface area contributed by atoms with Crippen LogP contribution in [0.5, 0.6) is 11.5 Å². The first-order valence-electron chi connectivity index (χ1n) is 11.7. The predicted octanol–water partition coefficient (Wildman–Crippen LogP) is 3.84. The molecule has 1 aliphatic heterocycles. The minimum atomic E-state index is 0.00363. The molecule has 0 bridgehead atoms. The highest BCUT2D eigenvalue weighted by atomic mass is 35.5. The number of ether oxygens (including phenoxy) is 2. The average molecular weight is 495 g/mol. The summed E-state index contributed by atoms with van der Waals surface area (Å²) in [6.45, 7) is 4.20. The van der Waals surface area contributed by atoms with Gasteiger partial charge < -0.3 is 19.3 Å². The highest BCUT2D eigenvalue weighted by molar-refractivity contribution is 6.33. The summed E-state index contributed by atoms with van der Waals surface area (Å²) in [5, 5.41) is 0.422. The first kappa shape index (κ1) is 24.9. The molecule has 184 valence electrons. The third-order valence-electron chi connectivity index (χ3n) is 6.25. The van der Waals surface area contributed by atoms with Crippen molar-refractivity contribution in [2.75, 3.05) is 52.3 Å². The van der Waals surface area contributed by atoms with Gasteiger partial charge in [-0.05, 0) is 42.4 Å². The third kappa shape index (κ3) is 6.50. The van der Waals surface area contributed by atoms with Crippen LogP contribution >= 0.6 is 11.6 Å². The number of ketones is 1. The number of methoxy groups -OCH3 is 2. The second kappa shape index (κ2) is 11.5. The van der Waals surface area contributed by atoms with Gasteiger partial charge in [-0.3, -0.25) is 4.79 Å². The molecule has 2 heterocycles. The van der Waals surface area contributed by atoms with Gasteiger partial charge in [0.25, 0.3) is 0 Å². The van der Waals surface area contributed by atoms with E-state index in [4.69, 9.17) is 21.1 Å². The number of likely N-dealkylation sites (N-methyl/N-ethyl adjacent to an activating group) is 1. The molecule has 7 nitrogen and oxygen atoms in total. The van der Waals surface area contributed by atoms with Crippen LogP contribution < -0.4 is 14.4 Å². The standard InChI is InChI=1S/C27H31ClN4O3/c1-31-7-9-32(10-8-31)23-6-4-5-19(12-23)11-21-15-22(30-18-29-21)16-24(33)13-20-14-25(34-2)17-26(35-3)27(20)28/h4-6,12,14-15,17-18H,7-11,13,16H2,1-3H3. The Kier molecular flexibility index (Phi) is 8.21. The summed E-state index contributed by atoms with van der Waals surface area (Å²) in [5.41, 5.74) is 4.68. The van der Waals surface area contributed by atoms with Crippen molar-refractivity contribution in [3.8, 4) is 11.5 Å². The van der Waals surface area contributed by atoms with E-state index < -0.39 is 0 Å². The Morgan fingerprint density at radius 3 is 2.49 bits per heavy atom. The summed E-state index contributed by atoms with van der Waals surface area (Å²) >= 11 is 6.41. The third-order valence-corrected chi connectivity index (χ3v) is 6.68. The number of hydrogen-bond acceptors (Lipinski definition) is 7. The summed E-state index contributed by atoms with van der Waals surface area (Å²) in [6.07, 6.45) is 2.58. The first-order valence-corrected chi connectivity index (χ1v) is 12.1. The Morgan fingerprint density at radius 2 is 1.74 bits per heavy atom. The van der Waals surface area contributed by atoms with Crippen molar-refractivity contribution >= 4 is 23.1 Å². The van der Waals surface area contributed by atoms with Gasteiger partial charge in [0, 0.05) is 62.9 Å². The molecule has 1 aromatic heterocycles. The Balaban J connectivity index is 1.42. The maximum absolute atomic E-state index is 12.8. The van der Waals surface area contributed by atoms with Crippen molar-refractivity contribution in [1.29, 1.82) is 0 Å². The monoisotopic (exact) mass is 494 g/mol. The van der Waals surface area contributed by atoms with Crippen molar-refractivity contribution in [1.82, 2.24) is 14.9 Å². The summed E-state index contributed by atoms with van der Waals surface area (Å²) in [4.78, 5) is 26.4. The zero-order valence-electron chi connectivity index (χ0n) is 20.5. The molecule has 0 N–H and O–H groups in total. The number of nitrogens with zero attached hydrogens (tertiary/aromatic N) is 4. The maximum Gasteiger partial charge on any atom is 0.143 e. The van der Waals surface area contributed by atoms with E-state index in [1.807, 2.05) is 6.07 Å². The van der Waals surface area contributed by atoms with Gasteiger partial charge in [-0.2, -0.15) is 0 Å². The van der Waals surface area contributed by atoms with Crippen molar-refractivity contribution in [3.05, 3.63) is 76.3 Å². The Bertz CT molecular complexity index is 1180. The van der Waals surface area contributed by atoms with Crippen LogP contribution in [0.25, 0.3) is 0 Å². The molecule has 1 fully saturated rings. The molecule has 8 heteroatoms. The molecule has 1 saturated heterocycles. The molecule has 4 rings (SSSR count). The topological polar surface area (TPSA) is 67.8 Å². The van der Waals surface area contributed by atoms with Crippen LogP contribution in [-0.2, 0) is 24.1 Å². The lowest BCUT2D eigenvalue weighted by molar-refractivity contribution is -0.117. The van der Waals surface area contributed by atoms with Gasteiger partial charge in [0.05, 0.1) is 24.9 Å². The molecule has 0 spiro atoms. The van der Waals surface area contributed by atoms with Crippen molar-refractivity contribution in [2.24, 2.45) is 0 Å². The molecule has 0 radical (unpaired) electrons. The minimum absolute atomic E-state index is 0.00363. The Labute approximate surface area is 211 Å². The number of anilines is 1. The van der Waals surface area contributed by atoms with Gasteiger partial charge in [-0.25, -0.2) is 9.97 Å². The summed E-state index contributed by atoms with van der Waals surface area (Å²) in [6, 6.07) is 14.0. The number of piperazine rings is 1. The Hall–Kier alpha value is -3.16. The normalized spacial score (nSPS) is 14.1. The molecule has 0 saturated carbocycles. The van der Waals surface area contributed by atoms with Gasteiger partial charge in [0.15, 0.2) is 0 Å². The fraction of sp³-hybridized carbons (Fsp3) is 0.370. The average Bonchev–Trinajstić information content (AvgIpc) is 2.86. The zero-order chi connectivity index (χ0) is 24.8. The SMILES string of the molecule is COc1cc(CC(=O)Cc2cc(Cc3cccc(N4CCN(C)CC4)c3)ncn2)c(Cl)c(OC)c1. The van der Waals surface area contributed by atoms with E-state index in [9.17, 15) is 4.79 Å². The first-order chi connectivity index (χ1) is 16.9. The highest BCUT2D eigenvalue weighted by Gasteiger charge is 2.16. The lowest BCUT2D eigenvalue weighted by Gasteiger charge is -2.34. The van der Waals surface area contributed by atoms with E-state index in [0.717, 1.165) is 31.9 Å². The number of benzene rings is 2. The molecular weight excluding hydrogens is 464 g/mol. The van der Waals surface area contributed by atoms with Gasteiger partial charge >= 0.3 is 0 Å². The molecule has 2 aromatic carbocycles. The number of rotatable bonds is 9. The highest BCUT2D eigenvalue weighted by Crippen LogP contribution is 2.33. The largest absolute Gasteiger partial charge is 0.497 e. The molecule has 3 aromatic rings. The fourth-order valence-corrected chi connectivity index (χ4v) is 4.53. The Morgan fingerprint density at radius 1 is 0.971 bits per heavy atom. The molecule has 1 aliphatic rings. The van der Waals surface area contributed by atoms with Crippen LogP contribution in [0.2, 0.25) is 5.02 Å². The second-order valence-corrected chi connectivity index (χ2v) is 9.21. The molecule has 0 aliphatic carbocycles. The lowest BCUT2D eigenvalue weighted by atomic mass is 10.0. The van der Waals surface area contributed by atoms with Crippen molar-refractivity contribution in [2.45, 2.75) is 19.3 Å². The van der Waals surface area contributed by atoms with Crippen LogP contribution in [-0.4, -0.2) is 68.1 Å². The van der Waals surface area contributed by atoms with E-state index in [1.54, 1.807) is 19.2 Å². The van der Waals surface area contributed by atoms with E-state index in [-0.39, 0.29) is 18.6 Å². The predicted molar refractivity (Wildman–Crippen MR) is 138 cm³/mol. The molecular formula is C27H31ClN4O3. The number of Topliss-reactive ketones (excluding diaryl/α,β-unsaturated/α-hetero) is 1.